The highest BCUT2D eigenvalue weighted by Crippen LogP contribution is 2.16. The van der Waals surface area contributed by atoms with Gasteiger partial charge in [-0.05, 0) is 69.9 Å². The van der Waals surface area contributed by atoms with Crippen LogP contribution in [0.25, 0.3) is 0 Å². The average molecular weight is 364 g/mol. The fourth-order valence-electron chi connectivity index (χ4n) is 3.11. The van der Waals surface area contributed by atoms with Crippen LogP contribution < -0.4 is 10.6 Å². The molecule has 0 atom stereocenters. The third-order valence-electron chi connectivity index (χ3n) is 4.39. The van der Waals surface area contributed by atoms with Crippen LogP contribution in [0.2, 0.25) is 0 Å². The van der Waals surface area contributed by atoms with Crippen LogP contribution in [0.3, 0.4) is 0 Å². The van der Waals surface area contributed by atoms with Gasteiger partial charge in [-0.3, -0.25) is 4.79 Å². The largest absolute Gasteiger partial charge is 0.465 e. The quantitative estimate of drug-likeness (QED) is 0.405. The van der Waals surface area contributed by atoms with E-state index in [2.05, 4.69) is 23.6 Å². The molecule has 5 heteroatoms. The number of hydrogen-bond donors (Lipinski definition) is 1. The highest BCUT2D eigenvalue weighted by atomic mass is 16.5. The van der Waals surface area contributed by atoms with E-state index in [1.165, 1.54) is 25.9 Å². The molecule has 0 aliphatic rings. The molecule has 0 unspecified atom stereocenters. The van der Waals surface area contributed by atoms with Crippen LogP contribution in [0.15, 0.2) is 24.3 Å². The molecule has 0 saturated carbocycles. The van der Waals surface area contributed by atoms with Crippen LogP contribution in [-0.4, -0.2) is 50.2 Å². The van der Waals surface area contributed by atoms with E-state index in [0.717, 1.165) is 37.2 Å². The summed E-state index contributed by atoms with van der Waals surface area (Å²) in [7, 11) is 0. The molecule has 0 radical (unpaired) electrons. The summed E-state index contributed by atoms with van der Waals surface area (Å²) in [5, 5.41) is 0. The summed E-state index contributed by atoms with van der Waals surface area (Å²) in [5.74, 6) is -0.172. The van der Waals surface area contributed by atoms with Gasteiger partial charge in [0.2, 0.25) is 0 Å². The lowest BCUT2D eigenvalue weighted by Crippen LogP contribution is -2.33. The molecule has 1 aromatic rings. The number of unbranched alkanes of at least 4 members (excludes halogenated alkanes) is 1. The van der Waals surface area contributed by atoms with Gasteiger partial charge in [-0.15, -0.1) is 0 Å². The van der Waals surface area contributed by atoms with E-state index < -0.39 is 0 Å². The number of anilines is 1. The number of rotatable bonds is 14. The van der Waals surface area contributed by atoms with Gasteiger partial charge < -0.3 is 20.3 Å². The zero-order chi connectivity index (χ0) is 19.2. The van der Waals surface area contributed by atoms with Crippen LogP contribution in [0.5, 0.6) is 0 Å². The van der Waals surface area contributed by atoms with Crippen molar-refractivity contribution in [1.29, 1.82) is 0 Å². The Morgan fingerprint density at radius 1 is 0.962 bits per heavy atom. The molecule has 26 heavy (non-hydrogen) atoms. The minimum Gasteiger partial charge on any atom is -0.465 e. The van der Waals surface area contributed by atoms with E-state index in [1.54, 1.807) is 0 Å². The third-order valence-corrected chi connectivity index (χ3v) is 4.39. The van der Waals surface area contributed by atoms with Gasteiger partial charge in [0.15, 0.2) is 0 Å². The van der Waals surface area contributed by atoms with Crippen LogP contribution in [0.4, 0.5) is 5.69 Å². The van der Waals surface area contributed by atoms with Crippen molar-refractivity contribution in [3.8, 4) is 0 Å². The van der Waals surface area contributed by atoms with Gasteiger partial charge in [0.25, 0.3) is 0 Å². The number of esters is 1. The number of hydrogen-bond acceptors (Lipinski definition) is 5. The second-order valence-electron chi connectivity index (χ2n) is 6.65. The minimum absolute atomic E-state index is 0.172. The van der Waals surface area contributed by atoms with Gasteiger partial charge >= 0.3 is 5.97 Å². The minimum atomic E-state index is -0.172. The number of ether oxygens (including phenoxy) is 1. The number of nitrogens with zero attached hydrogens (tertiary/aromatic N) is 2. The molecule has 0 heterocycles. The van der Waals surface area contributed by atoms with E-state index in [0.29, 0.717) is 19.7 Å². The fraction of sp³-hybridized carbons (Fsp3) is 0.667. The maximum Gasteiger partial charge on any atom is 0.325 e. The van der Waals surface area contributed by atoms with Crippen molar-refractivity contribution < 1.29 is 9.53 Å². The van der Waals surface area contributed by atoms with Crippen molar-refractivity contribution in [1.82, 2.24) is 4.90 Å². The molecule has 0 aliphatic carbocycles. The number of carbonyl (C=O) groups excluding carboxylic acids is 1. The van der Waals surface area contributed by atoms with Gasteiger partial charge in [-0.1, -0.05) is 26.0 Å². The molecule has 0 aromatic heterocycles. The Morgan fingerprint density at radius 3 is 2.12 bits per heavy atom. The molecular formula is C21H37N3O2. The second-order valence-corrected chi connectivity index (χ2v) is 6.65. The predicted molar refractivity (Wildman–Crippen MR) is 109 cm³/mol. The second kappa shape index (κ2) is 13.6. The van der Waals surface area contributed by atoms with Gasteiger partial charge in [0, 0.05) is 18.8 Å². The first-order valence-corrected chi connectivity index (χ1v) is 10.1. The lowest BCUT2D eigenvalue weighted by atomic mass is 10.2. The molecule has 1 rings (SSSR count). The summed E-state index contributed by atoms with van der Waals surface area (Å²) >= 11 is 0. The van der Waals surface area contributed by atoms with E-state index in [9.17, 15) is 4.79 Å². The highest BCUT2D eigenvalue weighted by molar-refractivity contribution is 5.75. The normalized spacial score (nSPS) is 11.0. The van der Waals surface area contributed by atoms with Crippen molar-refractivity contribution >= 4 is 11.7 Å². The van der Waals surface area contributed by atoms with E-state index in [4.69, 9.17) is 10.5 Å². The van der Waals surface area contributed by atoms with Crippen LogP contribution in [-0.2, 0) is 16.1 Å². The SMILES string of the molecule is CCCN(CCC)CCCCN(CC(=O)OCC)c1ccc(CN)cc1. The zero-order valence-electron chi connectivity index (χ0n) is 16.9. The smallest absolute Gasteiger partial charge is 0.325 e. The predicted octanol–water partition coefficient (Wildman–Crippen LogP) is 3.42. The maximum atomic E-state index is 12.0. The van der Waals surface area contributed by atoms with Crippen molar-refractivity contribution in [3.05, 3.63) is 29.8 Å². The Labute approximate surface area is 159 Å². The number of benzene rings is 1. The van der Waals surface area contributed by atoms with Gasteiger partial charge in [0.1, 0.15) is 6.54 Å². The fourth-order valence-corrected chi connectivity index (χ4v) is 3.11. The summed E-state index contributed by atoms with van der Waals surface area (Å²) < 4.78 is 5.14. The van der Waals surface area contributed by atoms with Crippen LogP contribution >= 0.6 is 0 Å². The monoisotopic (exact) mass is 363 g/mol. The zero-order valence-corrected chi connectivity index (χ0v) is 16.9. The molecule has 148 valence electrons. The van der Waals surface area contributed by atoms with Crippen LogP contribution in [0, 0.1) is 0 Å². The molecule has 0 fully saturated rings. The molecule has 5 nitrogen and oxygen atoms in total. The summed E-state index contributed by atoms with van der Waals surface area (Å²) in [4.78, 5) is 16.6. The summed E-state index contributed by atoms with van der Waals surface area (Å²) in [6.07, 6.45) is 4.59. The number of nitrogens with two attached hydrogens (primary N) is 1. The lowest BCUT2D eigenvalue weighted by Gasteiger charge is -2.25. The summed E-state index contributed by atoms with van der Waals surface area (Å²) in [6, 6.07) is 8.14. The van der Waals surface area contributed by atoms with Crippen molar-refractivity contribution in [2.24, 2.45) is 5.73 Å². The molecule has 0 spiro atoms. The Morgan fingerprint density at radius 2 is 1.58 bits per heavy atom. The molecular weight excluding hydrogens is 326 g/mol. The molecule has 0 aliphatic heterocycles. The van der Waals surface area contributed by atoms with Gasteiger partial charge in [-0.25, -0.2) is 0 Å². The van der Waals surface area contributed by atoms with E-state index >= 15 is 0 Å². The summed E-state index contributed by atoms with van der Waals surface area (Å²) in [5.41, 5.74) is 7.83. The summed E-state index contributed by atoms with van der Waals surface area (Å²) in [6.45, 7) is 11.9. The van der Waals surface area contributed by atoms with Crippen molar-refractivity contribution in [3.63, 3.8) is 0 Å². The van der Waals surface area contributed by atoms with Crippen molar-refractivity contribution in [2.75, 3.05) is 44.2 Å². The third kappa shape index (κ3) is 8.68. The van der Waals surface area contributed by atoms with E-state index in [-0.39, 0.29) is 5.97 Å². The van der Waals surface area contributed by atoms with Gasteiger partial charge in [0.05, 0.1) is 6.61 Å². The standard InChI is InChI=1S/C21H37N3O2/c1-4-13-23(14-5-2)15-7-8-16-24(18-21(25)26-6-3)20-11-9-19(17-22)10-12-20/h9-12H,4-8,13-18,22H2,1-3H3. The highest BCUT2D eigenvalue weighted by Gasteiger charge is 2.13. The molecule has 2 N–H and O–H groups in total. The Kier molecular flexibility index (Phi) is 11.7. The lowest BCUT2D eigenvalue weighted by molar-refractivity contribution is -0.141. The Bertz CT molecular complexity index is 485. The molecule has 0 amide bonds. The van der Waals surface area contributed by atoms with Crippen LogP contribution in [0.1, 0.15) is 52.0 Å². The number of carbonyl (C=O) groups is 1. The Balaban J connectivity index is 2.59. The molecule has 1 aromatic carbocycles. The molecule has 0 saturated heterocycles. The first-order chi connectivity index (χ1) is 12.6. The first-order valence-electron chi connectivity index (χ1n) is 10.1. The maximum absolute atomic E-state index is 12.0. The van der Waals surface area contributed by atoms with Gasteiger partial charge in [-0.2, -0.15) is 0 Å². The topological polar surface area (TPSA) is 58.8 Å². The molecule has 0 bridgehead atoms. The first kappa shape index (κ1) is 22.5. The van der Waals surface area contributed by atoms with E-state index in [1.807, 2.05) is 31.2 Å². The van der Waals surface area contributed by atoms with Crippen molar-refractivity contribution in [2.45, 2.75) is 53.0 Å². The average Bonchev–Trinajstić information content (AvgIpc) is 2.65. The Hall–Kier alpha value is -1.59.